The van der Waals surface area contributed by atoms with E-state index in [4.69, 9.17) is 28.1 Å². The van der Waals surface area contributed by atoms with E-state index in [0.29, 0.717) is 29.9 Å². The molecule has 0 fully saturated rings. The molecule has 19 heteroatoms. The van der Waals surface area contributed by atoms with Crippen molar-refractivity contribution in [3.05, 3.63) is 41.7 Å². The van der Waals surface area contributed by atoms with Gasteiger partial charge < -0.3 is 44.1 Å². The monoisotopic (exact) mass is 832 g/mol. The quantitative estimate of drug-likeness (QED) is 0.0262. The first-order chi connectivity index (χ1) is 28.1. The van der Waals surface area contributed by atoms with E-state index in [0.717, 1.165) is 12.8 Å². The molecule has 0 spiro atoms. The van der Waals surface area contributed by atoms with E-state index in [1.807, 2.05) is 6.92 Å². The average molecular weight is 833 g/mol. The lowest BCUT2D eigenvalue weighted by Crippen LogP contribution is -2.47. The van der Waals surface area contributed by atoms with Gasteiger partial charge in [0.15, 0.2) is 5.76 Å². The van der Waals surface area contributed by atoms with Crippen LogP contribution in [0.5, 0.6) is 5.75 Å². The van der Waals surface area contributed by atoms with Crippen LogP contribution in [-0.2, 0) is 47.7 Å². The van der Waals surface area contributed by atoms with Crippen LogP contribution in [0.15, 0.2) is 34.7 Å². The van der Waals surface area contributed by atoms with Crippen LogP contribution >= 0.6 is 0 Å². The highest BCUT2D eigenvalue weighted by Crippen LogP contribution is 2.29. The Kier molecular flexibility index (Phi) is 21.2. The van der Waals surface area contributed by atoms with Crippen molar-refractivity contribution in [2.45, 2.75) is 99.1 Å². The van der Waals surface area contributed by atoms with Gasteiger partial charge in [-0.3, -0.25) is 38.8 Å². The van der Waals surface area contributed by atoms with Crippen LogP contribution in [-0.4, -0.2) is 97.2 Å². The molecule has 2 aromatic rings. The number of unbranched alkanes of at least 4 members (excludes halogenated alkanes) is 2. The molecule has 1 heterocycles. The predicted molar refractivity (Wildman–Crippen MR) is 207 cm³/mol. The minimum Gasteiger partial charge on any atom is -0.493 e. The third-order valence-electron chi connectivity index (χ3n) is 8.66. The number of hydrogen-bond acceptors (Lipinski definition) is 15. The van der Waals surface area contributed by atoms with Gasteiger partial charge in [-0.1, -0.05) is 66.9 Å². The smallest absolute Gasteiger partial charge is 0.332 e. The van der Waals surface area contributed by atoms with Gasteiger partial charge in [-0.2, -0.15) is 0 Å². The second kappa shape index (κ2) is 25.4. The third-order valence-corrected chi connectivity index (χ3v) is 8.66. The van der Waals surface area contributed by atoms with Gasteiger partial charge in [0.05, 0.1) is 49.1 Å². The van der Waals surface area contributed by atoms with E-state index in [1.54, 1.807) is 41.5 Å². The highest BCUT2D eigenvalue weighted by Gasteiger charge is 2.31. The largest absolute Gasteiger partial charge is 0.493 e. The minimum absolute atomic E-state index is 0.0451. The van der Waals surface area contributed by atoms with E-state index in [1.165, 1.54) is 30.3 Å². The molecule has 3 atom stereocenters. The summed E-state index contributed by atoms with van der Waals surface area (Å²) < 4.78 is 31.1. The summed E-state index contributed by atoms with van der Waals surface area (Å²) in [7, 11) is 0. The summed E-state index contributed by atoms with van der Waals surface area (Å²) in [5.74, 6) is -6.94. The van der Waals surface area contributed by atoms with Gasteiger partial charge in [-0.25, -0.2) is 9.86 Å². The van der Waals surface area contributed by atoms with Gasteiger partial charge in [0.25, 0.3) is 11.8 Å². The lowest BCUT2D eigenvalue weighted by molar-refractivity contribution is -0.175. The van der Waals surface area contributed by atoms with Gasteiger partial charge in [0.1, 0.15) is 17.6 Å². The molecule has 0 unspecified atom stereocenters. The molecule has 1 aromatic carbocycles. The molecule has 0 aliphatic rings. The predicted octanol–water partition coefficient (Wildman–Crippen LogP) is 3.86. The number of carbonyl (C=O) groups is 8. The van der Waals surface area contributed by atoms with Crippen molar-refractivity contribution in [3.8, 4) is 17.1 Å². The maximum Gasteiger partial charge on any atom is 0.332 e. The van der Waals surface area contributed by atoms with Crippen LogP contribution in [0.3, 0.4) is 0 Å². The van der Waals surface area contributed by atoms with Gasteiger partial charge in [0.2, 0.25) is 25.9 Å². The third kappa shape index (κ3) is 16.1. The first-order valence-electron chi connectivity index (χ1n) is 19.4. The number of furan rings is 1. The standard InChI is InChI=1S/C40H56N4O15/c1-8-11-12-13-27(30(9-2)44(53)21-45)35(47)41-20-42-37(49)32-17-16-31(59-32)26-14-15-28(33(18-26)54-10-3)36(48)43-29(40(52)58-23-57-39(51)25(6)7)19-34(46)55-22-56-38(50)24(4)5/h14-18,21,24-25,27,29-30,53H,8-13,19-20,22-23H2,1-7H3,(H,41,47)(H,42,49)(H,43,48)/t27-,29+,30-/m1/s1. The highest BCUT2D eigenvalue weighted by atomic mass is 16.7. The van der Waals surface area contributed by atoms with Crippen molar-refractivity contribution in [1.29, 1.82) is 0 Å². The molecular formula is C40H56N4O15. The fourth-order valence-corrected chi connectivity index (χ4v) is 5.42. The van der Waals surface area contributed by atoms with Crippen LogP contribution in [0.1, 0.15) is 108 Å². The van der Waals surface area contributed by atoms with Crippen molar-refractivity contribution in [2.24, 2.45) is 17.8 Å². The zero-order valence-electron chi connectivity index (χ0n) is 34.5. The van der Waals surface area contributed by atoms with E-state index >= 15 is 0 Å². The van der Waals surface area contributed by atoms with Crippen LogP contribution in [0.2, 0.25) is 0 Å². The van der Waals surface area contributed by atoms with Gasteiger partial charge in [-0.15, -0.1) is 0 Å². The molecule has 59 heavy (non-hydrogen) atoms. The number of nitrogens with one attached hydrogen (secondary N) is 3. The number of esters is 4. The molecule has 0 radical (unpaired) electrons. The molecule has 19 nitrogen and oxygen atoms in total. The van der Waals surface area contributed by atoms with Crippen molar-refractivity contribution >= 4 is 48.0 Å². The first-order valence-corrected chi connectivity index (χ1v) is 19.4. The normalized spacial score (nSPS) is 12.4. The maximum absolute atomic E-state index is 13.5. The summed E-state index contributed by atoms with van der Waals surface area (Å²) in [5, 5.41) is 18.1. The fraction of sp³-hybridized carbons (Fsp3) is 0.550. The topological polar surface area (TPSA) is 255 Å². The second-order valence-electron chi connectivity index (χ2n) is 13.8. The van der Waals surface area contributed by atoms with Gasteiger partial charge in [-0.05, 0) is 44.0 Å². The number of hydroxylamine groups is 2. The Labute approximate surface area is 342 Å². The summed E-state index contributed by atoms with van der Waals surface area (Å²) in [6, 6.07) is 4.84. The Morgan fingerprint density at radius 1 is 0.814 bits per heavy atom. The Balaban J connectivity index is 2.19. The van der Waals surface area contributed by atoms with Gasteiger partial charge >= 0.3 is 23.9 Å². The lowest BCUT2D eigenvalue weighted by Gasteiger charge is -2.29. The van der Waals surface area contributed by atoms with E-state index in [9.17, 15) is 43.6 Å². The van der Waals surface area contributed by atoms with Crippen LogP contribution in [0, 0.1) is 17.8 Å². The number of nitrogens with zero attached hydrogens (tertiary/aromatic N) is 1. The van der Waals surface area contributed by atoms with Crippen molar-refractivity contribution in [3.63, 3.8) is 0 Å². The minimum atomic E-state index is -1.64. The molecule has 0 bridgehead atoms. The van der Waals surface area contributed by atoms with Crippen LogP contribution in [0.4, 0.5) is 0 Å². The molecule has 0 aliphatic heterocycles. The number of amides is 4. The molecule has 4 amide bonds. The van der Waals surface area contributed by atoms with E-state index < -0.39 is 91.4 Å². The zero-order chi connectivity index (χ0) is 44.1. The zero-order valence-corrected chi connectivity index (χ0v) is 34.5. The van der Waals surface area contributed by atoms with Crippen LogP contribution < -0.4 is 20.7 Å². The summed E-state index contributed by atoms with van der Waals surface area (Å²) in [5.41, 5.74) is 0.332. The molecule has 326 valence electrons. The summed E-state index contributed by atoms with van der Waals surface area (Å²) in [6.07, 6.45) is 2.76. The van der Waals surface area contributed by atoms with Crippen LogP contribution in [0.25, 0.3) is 11.3 Å². The number of rotatable bonds is 26. The number of carbonyl (C=O) groups excluding carboxylic acids is 8. The number of hydrogen-bond donors (Lipinski definition) is 4. The Bertz CT molecular complexity index is 1740. The second-order valence-corrected chi connectivity index (χ2v) is 13.8. The molecule has 4 N–H and O–H groups in total. The van der Waals surface area contributed by atoms with Crippen molar-refractivity contribution in [1.82, 2.24) is 21.0 Å². The highest BCUT2D eigenvalue weighted by molar-refractivity contribution is 6.00. The Morgan fingerprint density at radius 2 is 1.46 bits per heavy atom. The number of ether oxygens (including phenoxy) is 5. The molecule has 2 rings (SSSR count). The summed E-state index contributed by atoms with van der Waals surface area (Å²) >= 11 is 0. The lowest BCUT2D eigenvalue weighted by atomic mass is 9.90. The molecule has 0 saturated heterocycles. The molecule has 0 saturated carbocycles. The maximum atomic E-state index is 13.5. The number of benzene rings is 1. The first kappa shape index (κ1) is 49.2. The van der Waals surface area contributed by atoms with Gasteiger partial charge in [0, 0.05) is 5.56 Å². The van der Waals surface area contributed by atoms with Crippen molar-refractivity contribution in [2.75, 3.05) is 26.9 Å². The van der Waals surface area contributed by atoms with E-state index in [-0.39, 0.29) is 42.5 Å². The Morgan fingerprint density at radius 3 is 2.05 bits per heavy atom. The molecule has 0 aliphatic carbocycles. The average Bonchev–Trinajstić information content (AvgIpc) is 3.70. The van der Waals surface area contributed by atoms with E-state index in [2.05, 4.69) is 16.0 Å². The summed E-state index contributed by atoms with van der Waals surface area (Å²) in [6.45, 7) is 10.1. The SMILES string of the molecule is CCCCC[C@@H](C(=O)NCNC(=O)c1ccc(-c2ccc(C(=O)N[C@@H](CC(=O)OCOC(=O)C(C)C)C(=O)OCOC(=O)C(C)C)c(OCC)c2)o1)[C@@H](CC)N(O)C=O. The summed E-state index contributed by atoms with van der Waals surface area (Å²) in [4.78, 5) is 99.9. The Hall–Kier alpha value is -5.98. The fourth-order valence-electron chi connectivity index (χ4n) is 5.42. The van der Waals surface area contributed by atoms with Crippen molar-refractivity contribution < 1.29 is 71.7 Å². The molecular weight excluding hydrogens is 776 g/mol. The molecule has 1 aromatic heterocycles.